The number of nitrogens with one attached hydrogen (secondary N) is 1. The van der Waals surface area contributed by atoms with Gasteiger partial charge in [-0.3, -0.25) is 4.90 Å². The second-order valence-electron chi connectivity index (χ2n) is 8.95. The lowest BCUT2D eigenvalue weighted by Crippen LogP contribution is -2.56. The molecule has 142 valence electrons. The third kappa shape index (κ3) is 2.63. The number of unbranched alkanes of at least 4 members (excludes halogenated alkanes) is 1. The summed E-state index contributed by atoms with van der Waals surface area (Å²) < 4.78 is 0. The van der Waals surface area contributed by atoms with Crippen LogP contribution >= 0.6 is 0 Å². The van der Waals surface area contributed by atoms with E-state index in [1.807, 2.05) is 0 Å². The second kappa shape index (κ2) is 6.69. The van der Waals surface area contributed by atoms with Gasteiger partial charge in [-0.15, -0.1) is 0 Å². The number of benzene rings is 1. The molecule has 1 aromatic carbocycles. The van der Waals surface area contributed by atoms with Crippen molar-refractivity contribution in [3.8, 4) is 0 Å². The quantitative estimate of drug-likeness (QED) is 0.843. The summed E-state index contributed by atoms with van der Waals surface area (Å²) in [5.41, 5.74) is 5.03. The van der Waals surface area contributed by atoms with Gasteiger partial charge in [0.2, 0.25) is 0 Å². The first-order chi connectivity index (χ1) is 12.5. The maximum absolute atomic E-state index is 3.85. The van der Waals surface area contributed by atoms with Gasteiger partial charge in [-0.25, -0.2) is 0 Å². The first-order valence-electron chi connectivity index (χ1n) is 10.5. The van der Waals surface area contributed by atoms with Crippen LogP contribution in [0.15, 0.2) is 24.3 Å². The number of likely N-dealkylation sites (N-methyl/N-ethyl adjacent to an activating group) is 1. The van der Waals surface area contributed by atoms with Crippen molar-refractivity contribution in [2.45, 2.75) is 69.4 Å². The van der Waals surface area contributed by atoms with Crippen LogP contribution in [0.5, 0.6) is 0 Å². The third-order valence-electron chi connectivity index (χ3n) is 7.66. The van der Waals surface area contributed by atoms with Crippen LogP contribution in [0, 0.1) is 0 Å². The van der Waals surface area contributed by atoms with Gasteiger partial charge in [0.25, 0.3) is 0 Å². The molecule has 0 radical (unpaired) electrons. The lowest BCUT2D eigenvalue weighted by atomic mass is 9.66. The molecule has 3 heteroatoms. The predicted molar refractivity (Wildman–Crippen MR) is 111 cm³/mol. The van der Waals surface area contributed by atoms with Crippen molar-refractivity contribution >= 4 is 10.9 Å². The highest BCUT2D eigenvalue weighted by molar-refractivity contribution is 5.85. The second-order valence-corrected chi connectivity index (χ2v) is 8.95. The summed E-state index contributed by atoms with van der Waals surface area (Å²) in [5, 5.41) is 1.45. The standard InChI is InChI=1S/C23H35N3/c1-5-6-12-22(25(2)3)13-15-23(16-14-22)21-19(11-17-26(23)4)18-9-7-8-10-20(18)24-21/h7-10,24H,5-6,11-17H2,1-4H3. The van der Waals surface area contributed by atoms with Crippen molar-refractivity contribution in [3.05, 3.63) is 35.5 Å². The number of aromatic nitrogens is 1. The summed E-state index contributed by atoms with van der Waals surface area (Å²) >= 11 is 0. The van der Waals surface area contributed by atoms with Gasteiger partial charge >= 0.3 is 0 Å². The number of hydrogen-bond donors (Lipinski definition) is 1. The fourth-order valence-electron chi connectivity index (χ4n) is 5.73. The smallest absolute Gasteiger partial charge is 0.0613 e. The molecule has 1 aromatic heterocycles. The first kappa shape index (κ1) is 18.1. The molecule has 0 unspecified atom stereocenters. The van der Waals surface area contributed by atoms with Gasteiger partial charge in [0.1, 0.15) is 0 Å². The van der Waals surface area contributed by atoms with Gasteiger partial charge < -0.3 is 9.88 Å². The lowest BCUT2D eigenvalue weighted by molar-refractivity contribution is -0.0119. The Bertz CT molecular complexity index is 765. The van der Waals surface area contributed by atoms with E-state index < -0.39 is 0 Å². The Kier molecular flexibility index (Phi) is 4.65. The van der Waals surface area contributed by atoms with Crippen LogP contribution in [-0.2, 0) is 12.0 Å². The maximum atomic E-state index is 3.85. The highest BCUT2D eigenvalue weighted by atomic mass is 15.2. The highest BCUT2D eigenvalue weighted by Crippen LogP contribution is 2.51. The molecule has 0 saturated heterocycles. The van der Waals surface area contributed by atoms with E-state index in [9.17, 15) is 0 Å². The van der Waals surface area contributed by atoms with Crippen LogP contribution in [0.4, 0.5) is 0 Å². The largest absolute Gasteiger partial charge is 0.357 e. The molecule has 1 aliphatic carbocycles. The zero-order chi connectivity index (χ0) is 18.4. The summed E-state index contributed by atoms with van der Waals surface area (Å²) in [7, 11) is 6.95. The molecule has 1 saturated carbocycles. The number of aromatic amines is 1. The number of fused-ring (bicyclic) bond motifs is 4. The van der Waals surface area contributed by atoms with Crippen LogP contribution < -0.4 is 0 Å². The van der Waals surface area contributed by atoms with Gasteiger partial charge in [0.15, 0.2) is 0 Å². The Balaban J connectivity index is 1.70. The van der Waals surface area contributed by atoms with E-state index in [1.54, 1.807) is 5.56 Å². The molecule has 1 N–H and O–H groups in total. The van der Waals surface area contributed by atoms with Crippen molar-refractivity contribution in [2.75, 3.05) is 27.7 Å². The Labute approximate surface area is 158 Å². The molecule has 0 bridgehead atoms. The molecule has 0 atom stereocenters. The molecule has 26 heavy (non-hydrogen) atoms. The Morgan fingerprint density at radius 3 is 2.54 bits per heavy atom. The number of para-hydroxylation sites is 1. The normalized spacial score (nSPS) is 29.6. The number of hydrogen-bond acceptors (Lipinski definition) is 2. The summed E-state index contributed by atoms with van der Waals surface area (Å²) in [6.07, 6.45) is 10.3. The van der Waals surface area contributed by atoms with E-state index in [-0.39, 0.29) is 5.54 Å². The van der Waals surface area contributed by atoms with Gasteiger partial charge in [0, 0.05) is 28.7 Å². The fourth-order valence-corrected chi connectivity index (χ4v) is 5.73. The predicted octanol–water partition coefficient (Wildman–Crippen LogP) is 4.92. The minimum absolute atomic E-state index is 0.207. The van der Waals surface area contributed by atoms with E-state index in [0.29, 0.717) is 5.54 Å². The van der Waals surface area contributed by atoms with Gasteiger partial charge in [-0.1, -0.05) is 38.0 Å². The SMILES string of the molecule is CCCCC1(N(C)C)CCC2(CC1)c1[nH]c3ccccc3c1CCN2C. The van der Waals surface area contributed by atoms with Gasteiger partial charge in [-0.2, -0.15) is 0 Å². The molecule has 4 rings (SSSR count). The zero-order valence-corrected chi connectivity index (χ0v) is 17.1. The maximum Gasteiger partial charge on any atom is 0.0613 e. The van der Waals surface area contributed by atoms with E-state index in [2.05, 4.69) is 67.1 Å². The Morgan fingerprint density at radius 1 is 1.12 bits per heavy atom. The summed E-state index contributed by atoms with van der Waals surface area (Å²) in [4.78, 5) is 9.04. The van der Waals surface area contributed by atoms with Crippen molar-refractivity contribution in [2.24, 2.45) is 0 Å². The average Bonchev–Trinajstić information content (AvgIpc) is 3.04. The average molecular weight is 354 g/mol. The highest BCUT2D eigenvalue weighted by Gasteiger charge is 2.49. The molecule has 1 spiro atoms. The van der Waals surface area contributed by atoms with Crippen LogP contribution in [-0.4, -0.2) is 48.0 Å². The monoisotopic (exact) mass is 353 g/mol. The van der Waals surface area contributed by atoms with E-state index in [1.165, 1.54) is 74.5 Å². The lowest BCUT2D eigenvalue weighted by Gasteiger charge is -2.54. The van der Waals surface area contributed by atoms with Gasteiger partial charge in [0.05, 0.1) is 5.54 Å². The zero-order valence-electron chi connectivity index (χ0n) is 17.1. The molecular formula is C23H35N3. The van der Waals surface area contributed by atoms with E-state index in [0.717, 1.165) is 0 Å². The van der Waals surface area contributed by atoms with Crippen molar-refractivity contribution in [1.82, 2.24) is 14.8 Å². The first-order valence-corrected chi connectivity index (χ1v) is 10.5. The number of rotatable bonds is 4. The molecular weight excluding hydrogens is 318 g/mol. The fraction of sp³-hybridized carbons (Fsp3) is 0.652. The van der Waals surface area contributed by atoms with Crippen LogP contribution in [0.25, 0.3) is 10.9 Å². The molecule has 1 aliphatic heterocycles. The summed E-state index contributed by atoms with van der Waals surface area (Å²) in [5.74, 6) is 0. The van der Waals surface area contributed by atoms with Crippen molar-refractivity contribution in [3.63, 3.8) is 0 Å². The third-order valence-corrected chi connectivity index (χ3v) is 7.66. The molecule has 2 aromatic rings. The van der Waals surface area contributed by atoms with Crippen molar-refractivity contribution < 1.29 is 0 Å². The summed E-state index contributed by atoms with van der Waals surface area (Å²) in [6, 6.07) is 8.89. The van der Waals surface area contributed by atoms with E-state index in [4.69, 9.17) is 0 Å². The minimum Gasteiger partial charge on any atom is -0.357 e. The van der Waals surface area contributed by atoms with Crippen molar-refractivity contribution in [1.29, 1.82) is 0 Å². The summed E-state index contributed by atoms with van der Waals surface area (Å²) in [6.45, 7) is 3.50. The van der Waals surface area contributed by atoms with E-state index >= 15 is 0 Å². The Hall–Kier alpha value is -1.32. The molecule has 1 fully saturated rings. The number of H-pyrrole nitrogens is 1. The van der Waals surface area contributed by atoms with Crippen LogP contribution in [0.3, 0.4) is 0 Å². The van der Waals surface area contributed by atoms with Crippen LogP contribution in [0.2, 0.25) is 0 Å². The molecule has 2 heterocycles. The number of nitrogens with zero attached hydrogens (tertiary/aromatic N) is 2. The molecule has 0 amide bonds. The molecule has 3 nitrogen and oxygen atoms in total. The topological polar surface area (TPSA) is 22.3 Å². The molecule has 2 aliphatic rings. The minimum atomic E-state index is 0.207. The Morgan fingerprint density at radius 2 is 1.85 bits per heavy atom. The van der Waals surface area contributed by atoms with Crippen LogP contribution in [0.1, 0.15) is 63.1 Å². The van der Waals surface area contributed by atoms with Gasteiger partial charge in [-0.05, 0) is 71.3 Å².